The van der Waals surface area contributed by atoms with Crippen LogP contribution in [-0.2, 0) is 0 Å². The minimum absolute atomic E-state index is 1.03. The molecule has 0 radical (unpaired) electrons. The Hall–Kier alpha value is 0.880. The van der Waals surface area contributed by atoms with Crippen molar-refractivity contribution in [3.8, 4) is 0 Å². The van der Waals surface area contributed by atoms with Crippen LogP contribution < -0.4 is 0 Å². The molecule has 0 amide bonds. The molecule has 2 fully saturated rings. The minimum Gasteiger partial charge on any atom is -0.326 e. The fraction of sp³-hybridized carbons (Fsp3) is 1.00. The molecule has 0 aromatic heterocycles. The summed E-state index contributed by atoms with van der Waals surface area (Å²) in [6.07, 6.45) is 13.1. The molecule has 2 rings (SSSR count). The molecule has 0 spiro atoms. The number of piperidine rings is 2. The lowest BCUT2D eigenvalue weighted by molar-refractivity contribution is -0.915. The van der Waals surface area contributed by atoms with Gasteiger partial charge in [-0.2, -0.15) is 0 Å². The first-order valence-electron chi connectivity index (χ1n) is 10.8. The molecule has 0 unspecified atom stereocenters. The number of hydrogen-bond acceptors (Lipinski definition) is 0. The first-order valence-corrected chi connectivity index (χ1v) is 13.0. The Morgan fingerprint density at radius 3 is 1.32 bits per heavy atom. The highest BCUT2D eigenvalue weighted by molar-refractivity contribution is 9.09. The Balaban J connectivity index is 1.57. The quantitative estimate of drug-likeness (QED) is 0.288. The average molecular weight is 482 g/mol. The zero-order chi connectivity index (χ0) is 18.2. The van der Waals surface area contributed by atoms with Crippen molar-refractivity contribution < 1.29 is 8.97 Å². The van der Waals surface area contributed by atoms with Crippen molar-refractivity contribution in [2.75, 3.05) is 64.0 Å². The number of halogens is 2. The SMILES string of the molecule is C[N+]1(CCCBr)CCC(CCCC2CC[N+](C)(CCCBr)CC2)CC1. The molecule has 0 aliphatic carbocycles. The Morgan fingerprint density at radius 2 is 1.00 bits per heavy atom. The zero-order valence-corrected chi connectivity index (χ0v) is 20.0. The van der Waals surface area contributed by atoms with Crippen molar-refractivity contribution in [3.05, 3.63) is 0 Å². The van der Waals surface area contributed by atoms with E-state index < -0.39 is 0 Å². The molecule has 4 heteroatoms. The molecule has 0 bridgehead atoms. The van der Waals surface area contributed by atoms with E-state index >= 15 is 0 Å². The molecule has 0 N–H and O–H groups in total. The summed E-state index contributed by atoms with van der Waals surface area (Å²) in [7, 11) is 4.96. The molecule has 2 heterocycles. The zero-order valence-electron chi connectivity index (χ0n) is 16.8. The standard InChI is InChI=1S/C21H42Br2N2/c1-24(14-4-12-22)16-8-20(9-17-24)6-3-7-21-10-18-25(2,19-11-21)15-5-13-23/h20-21H,3-19H2,1-2H3/q+2. The molecule has 0 aromatic carbocycles. The van der Waals surface area contributed by atoms with E-state index in [1.165, 1.54) is 117 Å². The van der Waals surface area contributed by atoms with Crippen LogP contribution in [0.1, 0.15) is 57.8 Å². The maximum absolute atomic E-state index is 3.59. The van der Waals surface area contributed by atoms with Gasteiger partial charge >= 0.3 is 0 Å². The van der Waals surface area contributed by atoms with Crippen LogP contribution in [0.3, 0.4) is 0 Å². The average Bonchev–Trinajstić information content (AvgIpc) is 2.62. The van der Waals surface area contributed by atoms with Gasteiger partial charge in [-0.1, -0.05) is 51.1 Å². The third-order valence-electron chi connectivity index (χ3n) is 7.20. The minimum atomic E-state index is 1.03. The largest absolute Gasteiger partial charge is 0.326 e. The van der Waals surface area contributed by atoms with Gasteiger partial charge in [0.25, 0.3) is 0 Å². The van der Waals surface area contributed by atoms with Gasteiger partial charge in [0, 0.05) is 23.5 Å². The van der Waals surface area contributed by atoms with Crippen molar-refractivity contribution in [2.45, 2.75) is 57.8 Å². The van der Waals surface area contributed by atoms with Crippen LogP contribution >= 0.6 is 31.9 Å². The second kappa shape index (κ2) is 11.0. The van der Waals surface area contributed by atoms with Crippen LogP contribution in [0.15, 0.2) is 0 Å². The summed E-state index contributed by atoms with van der Waals surface area (Å²) in [6.45, 7) is 8.42. The monoisotopic (exact) mass is 480 g/mol. The number of hydrogen-bond donors (Lipinski definition) is 0. The number of alkyl halides is 2. The highest BCUT2D eigenvalue weighted by Crippen LogP contribution is 2.30. The summed E-state index contributed by atoms with van der Waals surface area (Å²) in [5, 5.41) is 2.33. The summed E-state index contributed by atoms with van der Waals surface area (Å²) >= 11 is 7.18. The number of nitrogens with zero attached hydrogens (tertiary/aromatic N) is 2. The smallest absolute Gasteiger partial charge is 0.0792 e. The van der Waals surface area contributed by atoms with Gasteiger partial charge in [-0.15, -0.1) is 0 Å². The second-order valence-corrected chi connectivity index (χ2v) is 11.1. The topological polar surface area (TPSA) is 0 Å². The highest BCUT2D eigenvalue weighted by Gasteiger charge is 2.31. The summed E-state index contributed by atoms with van der Waals surface area (Å²) in [5.74, 6) is 2.05. The van der Waals surface area contributed by atoms with Gasteiger partial charge < -0.3 is 8.97 Å². The van der Waals surface area contributed by atoms with Crippen LogP contribution in [-0.4, -0.2) is 73.0 Å². The molecular weight excluding hydrogens is 440 g/mol. The van der Waals surface area contributed by atoms with Gasteiger partial charge in [0.05, 0.1) is 53.4 Å². The lowest BCUT2D eigenvalue weighted by Gasteiger charge is -2.41. The van der Waals surface area contributed by atoms with E-state index in [1.54, 1.807) is 0 Å². The second-order valence-electron chi connectivity index (χ2n) is 9.48. The molecule has 148 valence electrons. The van der Waals surface area contributed by atoms with Gasteiger partial charge in [0.2, 0.25) is 0 Å². The van der Waals surface area contributed by atoms with E-state index in [0.717, 1.165) is 11.8 Å². The number of likely N-dealkylation sites (tertiary alicyclic amines) is 2. The summed E-state index contributed by atoms with van der Waals surface area (Å²) in [4.78, 5) is 0. The molecule has 0 saturated carbocycles. The first kappa shape index (κ1) is 22.2. The maximum atomic E-state index is 3.59. The van der Waals surface area contributed by atoms with Crippen molar-refractivity contribution in [3.63, 3.8) is 0 Å². The van der Waals surface area contributed by atoms with Gasteiger partial charge in [0.15, 0.2) is 0 Å². The Kier molecular flexibility index (Phi) is 9.77. The van der Waals surface area contributed by atoms with Gasteiger partial charge in [0.1, 0.15) is 0 Å². The molecule has 0 aromatic rings. The van der Waals surface area contributed by atoms with E-state index in [4.69, 9.17) is 0 Å². The molecular formula is C21H42Br2N2+2. The van der Waals surface area contributed by atoms with E-state index in [2.05, 4.69) is 46.0 Å². The van der Waals surface area contributed by atoms with Crippen LogP contribution in [0.5, 0.6) is 0 Å². The predicted molar refractivity (Wildman–Crippen MR) is 118 cm³/mol. The lowest BCUT2D eigenvalue weighted by atomic mass is 9.86. The van der Waals surface area contributed by atoms with E-state index in [9.17, 15) is 0 Å². The van der Waals surface area contributed by atoms with Crippen LogP contribution in [0.4, 0.5) is 0 Å². The van der Waals surface area contributed by atoms with E-state index in [-0.39, 0.29) is 0 Å². The third kappa shape index (κ3) is 7.79. The molecule has 2 aliphatic rings. The number of rotatable bonds is 10. The highest BCUT2D eigenvalue weighted by atomic mass is 79.9. The van der Waals surface area contributed by atoms with E-state index in [1.807, 2.05) is 0 Å². The van der Waals surface area contributed by atoms with Gasteiger partial charge in [-0.05, 0) is 37.5 Å². The predicted octanol–water partition coefficient (Wildman–Crippen LogP) is 5.44. The molecule has 2 saturated heterocycles. The Bertz CT molecular complexity index is 325. The number of quaternary nitrogens is 2. The van der Waals surface area contributed by atoms with Crippen LogP contribution in [0.25, 0.3) is 0 Å². The first-order chi connectivity index (χ1) is 12.0. The summed E-state index contributed by atoms with van der Waals surface area (Å²) in [6, 6.07) is 0. The van der Waals surface area contributed by atoms with Crippen LogP contribution in [0, 0.1) is 11.8 Å². The van der Waals surface area contributed by atoms with Crippen LogP contribution in [0.2, 0.25) is 0 Å². The fourth-order valence-corrected chi connectivity index (χ4v) is 5.59. The van der Waals surface area contributed by atoms with Crippen molar-refractivity contribution in [2.24, 2.45) is 11.8 Å². The van der Waals surface area contributed by atoms with Gasteiger partial charge in [-0.3, -0.25) is 0 Å². The third-order valence-corrected chi connectivity index (χ3v) is 8.32. The van der Waals surface area contributed by atoms with Crippen molar-refractivity contribution in [1.82, 2.24) is 0 Å². The summed E-state index contributed by atoms with van der Waals surface area (Å²) < 4.78 is 2.66. The Labute approximate surface area is 174 Å². The van der Waals surface area contributed by atoms with Crippen molar-refractivity contribution >= 4 is 31.9 Å². The lowest BCUT2D eigenvalue weighted by Crippen LogP contribution is -2.50. The molecule has 25 heavy (non-hydrogen) atoms. The maximum Gasteiger partial charge on any atom is 0.0792 e. The molecule has 2 nitrogen and oxygen atoms in total. The summed E-state index contributed by atoms with van der Waals surface area (Å²) in [5.41, 5.74) is 0. The molecule has 0 atom stereocenters. The van der Waals surface area contributed by atoms with Gasteiger partial charge in [-0.25, -0.2) is 0 Å². The fourth-order valence-electron chi connectivity index (χ4n) is 5.09. The van der Waals surface area contributed by atoms with E-state index in [0.29, 0.717) is 0 Å². The normalized spacial score (nSPS) is 36.5. The molecule has 2 aliphatic heterocycles. The Morgan fingerprint density at radius 1 is 0.640 bits per heavy atom. The van der Waals surface area contributed by atoms with Crippen molar-refractivity contribution in [1.29, 1.82) is 0 Å².